The van der Waals surface area contributed by atoms with Gasteiger partial charge >= 0.3 is 23.9 Å². The van der Waals surface area contributed by atoms with Crippen molar-refractivity contribution in [3.8, 4) is 11.5 Å². The van der Waals surface area contributed by atoms with Gasteiger partial charge in [-0.05, 0) is 55.5 Å². The van der Waals surface area contributed by atoms with Gasteiger partial charge in [0.05, 0.1) is 29.1 Å². The summed E-state index contributed by atoms with van der Waals surface area (Å²) in [7, 11) is 0. The third-order valence-corrected chi connectivity index (χ3v) is 6.38. The summed E-state index contributed by atoms with van der Waals surface area (Å²) in [6.45, 7) is 5.36. The van der Waals surface area contributed by atoms with Crippen LogP contribution in [0.5, 0.6) is 11.5 Å². The van der Waals surface area contributed by atoms with Crippen molar-refractivity contribution in [2.75, 3.05) is 18.1 Å². The zero-order valence-corrected chi connectivity index (χ0v) is 26.8. The topological polar surface area (TPSA) is 283 Å². The van der Waals surface area contributed by atoms with Gasteiger partial charge in [-0.3, -0.25) is 0 Å². The average molecular weight is 721 g/mol. The van der Waals surface area contributed by atoms with Crippen LogP contribution in [0.1, 0.15) is 75.0 Å². The lowest BCUT2D eigenvalue weighted by atomic mass is 10.1. The Morgan fingerprint density at radius 1 is 0.692 bits per heavy atom. The number of nitrogen functional groups attached to an aromatic ring is 2. The van der Waals surface area contributed by atoms with E-state index in [9.17, 15) is 24.3 Å². The van der Waals surface area contributed by atoms with Crippen LogP contribution in [-0.4, -0.2) is 66.0 Å². The number of carboxylic acid groups (broad SMARTS) is 3. The number of carboxylic acids is 3. The number of hydrogen-bond donors (Lipinski definition) is 7. The Bertz CT molecular complexity index is 2080. The Morgan fingerprint density at radius 2 is 1.21 bits per heavy atom. The van der Waals surface area contributed by atoms with Gasteiger partial charge in [0.15, 0.2) is 28.7 Å². The molecule has 9 N–H and O–H groups in total. The number of carbonyl (C=O) groups is 4. The lowest BCUT2D eigenvalue weighted by Gasteiger charge is -2.05. The third kappa shape index (κ3) is 10.7. The second-order valence-electron chi connectivity index (χ2n) is 9.89. The summed E-state index contributed by atoms with van der Waals surface area (Å²) in [6.07, 6.45) is 0. The number of aromatic carboxylic acids is 3. The number of para-hydroxylation sites is 4. The van der Waals surface area contributed by atoms with Crippen molar-refractivity contribution < 1.29 is 58.3 Å². The van der Waals surface area contributed by atoms with Crippen molar-refractivity contribution >= 4 is 57.5 Å². The SMILES string of the molecule is C.C.CCOC(=O)c1cccc(O)c1N.Cc1nc2c(C(=O)O)cccc2o1.Cc1nc2cccc(C(=O)O)c2o1.Nc1cccc(C(=O)O)c1O. The number of nitrogens with two attached hydrogens (primary N) is 2. The standard InChI is InChI=1S/2C9H7NO3.C9H11NO3.C7H7NO3.2CH4/c1-5-10-8-6(9(11)12)3-2-4-7(8)13-5;1-5-10-7-4-2-3-6(9(11)12)8(7)13-5;1-2-13-9(12)6-4-3-5-7(11)8(6)10;8-5-3-1-2-4(6(5)9)7(10)11;;/h2*2-4H,1H3,(H,11,12);3-5,11H,2,10H2,1H3;1-3,9H,8H2,(H,10,11);2*1H4. The molecule has 0 aliphatic rings. The summed E-state index contributed by atoms with van der Waals surface area (Å²) < 4.78 is 15.1. The summed E-state index contributed by atoms with van der Waals surface area (Å²) in [5.41, 5.74) is 13.0. The van der Waals surface area contributed by atoms with E-state index in [2.05, 4.69) is 9.97 Å². The van der Waals surface area contributed by atoms with Gasteiger partial charge in [-0.1, -0.05) is 39.1 Å². The molecule has 6 aromatic rings. The number of oxazole rings is 2. The fourth-order valence-electron chi connectivity index (χ4n) is 4.13. The van der Waals surface area contributed by atoms with E-state index < -0.39 is 23.9 Å². The molecule has 0 saturated carbocycles. The predicted octanol–water partition coefficient (Wildman–Crippen LogP) is 6.76. The molecule has 16 heteroatoms. The van der Waals surface area contributed by atoms with Crippen molar-refractivity contribution in [3.05, 3.63) is 107 Å². The van der Waals surface area contributed by atoms with Gasteiger partial charge in [0, 0.05) is 13.8 Å². The number of ether oxygens (including phenoxy) is 1. The number of fused-ring (bicyclic) bond motifs is 2. The number of aryl methyl sites for hydroxylation is 2. The molecule has 0 saturated heterocycles. The number of rotatable bonds is 5. The molecule has 0 unspecified atom stereocenters. The van der Waals surface area contributed by atoms with E-state index in [4.69, 9.17) is 45.5 Å². The van der Waals surface area contributed by atoms with Crippen molar-refractivity contribution in [1.29, 1.82) is 0 Å². The maximum Gasteiger partial charge on any atom is 0.340 e. The number of hydrogen-bond acceptors (Lipinski definition) is 13. The van der Waals surface area contributed by atoms with Gasteiger partial charge in [-0.2, -0.15) is 0 Å². The molecule has 0 bridgehead atoms. The number of aromatic hydroxyl groups is 2. The van der Waals surface area contributed by atoms with E-state index in [1.54, 1.807) is 45.0 Å². The Balaban J connectivity index is 0.000000343. The van der Waals surface area contributed by atoms with E-state index in [1.807, 2.05) is 0 Å². The maximum atomic E-state index is 11.2. The monoisotopic (exact) mass is 720 g/mol. The minimum atomic E-state index is -1.19. The highest BCUT2D eigenvalue weighted by atomic mass is 16.5. The highest BCUT2D eigenvalue weighted by Crippen LogP contribution is 2.25. The van der Waals surface area contributed by atoms with Crippen LogP contribution in [-0.2, 0) is 4.74 Å². The largest absolute Gasteiger partial charge is 0.506 e. The first-order valence-electron chi connectivity index (χ1n) is 14.4. The smallest absolute Gasteiger partial charge is 0.340 e. The van der Waals surface area contributed by atoms with Crippen LogP contribution in [0.15, 0.2) is 81.6 Å². The summed E-state index contributed by atoms with van der Waals surface area (Å²) in [5, 5.41) is 44.3. The molecule has 0 amide bonds. The van der Waals surface area contributed by atoms with Crippen LogP contribution in [0.3, 0.4) is 0 Å². The maximum absolute atomic E-state index is 11.2. The quantitative estimate of drug-likeness (QED) is 0.0549. The number of esters is 1. The molecule has 0 fully saturated rings. The summed E-state index contributed by atoms with van der Waals surface area (Å²) in [5.74, 6) is -3.22. The molecular weight excluding hydrogens is 680 g/mol. The zero-order valence-electron chi connectivity index (χ0n) is 26.8. The Kier molecular flexibility index (Phi) is 15.8. The highest BCUT2D eigenvalue weighted by molar-refractivity contribution is 6.01. The minimum absolute atomic E-state index is 0. The molecule has 0 atom stereocenters. The van der Waals surface area contributed by atoms with Crippen LogP contribution in [0, 0.1) is 13.8 Å². The molecule has 4 aromatic carbocycles. The van der Waals surface area contributed by atoms with Crippen LogP contribution in [0.4, 0.5) is 11.4 Å². The lowest BCUT2D eigenvalue weighted by molar-refractivity contribution is 0.0525. The predicted molar refractivity (Wildman–Crippen MR) is 193 cm³/mol. The molecule has 6 rings (SSSR count). The number of phenolic OH excluding ortho intramolecular Hbond substituents is 1. The van der Waals surface area contributed by atoms with Crippen molar-refractivity contribution in [2.24, 2.45) is 0 Å². The van der Waals surface area contributed by atoms with E-state index >= 15 is 0 Å². The molecular formula is C36H40N4O12. The third-order valence-electron chi connectivity index (χ3n) is 6.38. The number of phenols is 2. The lowest BCUT2D eigenvalue weighted by Crippen LogP contribution is -2.07. The zero-order chi connectivity index (χ0) is 37.1. The first kappa shape index (κ1) is 42.9. The van der Waals surface area contributed by atoms with E-state index in [1.165, 1.54) is 48.5 Å². The molecule has 0 spiro atoms. The number of carbonyl (C=O) groups excluding carboxylic acids is 1. The van der Waals surface area contributed by atoms with Crippen molar-refractivity contribution in [1.82, 2.24) is 9.97 Å². The summed E-state index contributed by atoms with van der Waals surface area (Å²) in [6, 6.07) is 18.4. The number of anilines is 2. The van der Waals surface area contributed by atoms with Gasteiger partial charge in [-0.25, -0.2) is 29.1 Å². The van der Waals surface area contributed by atoms with Crippen LogP contribution in [0.2, 0.25) is 0 Å². The first-order chi connectivity index (χ1) is 23.7. The van der Waals surface area contributed by atoms with Crippen LogP contribution >= 0.6 is 0 Å². The van der Waals surface area contributed by atoms with Gasteiger partial charge in [0.1, 0.15) is 27.9 Å². The fourth-order valence-corrected chi connectivity index (χ4v) is 4.13. The molecule has 16 nitrogen and oxygen atoms in total. The van der Waals surface area contributed by atoms with Gasteiger partial charge in [0.2, 0.25) is 0 Å². The molecule has 2 aromatic heterocycles. The fraction of sp³-hybridized carbons (Fsp3) is 0.167. The Morgan fingerprint density at radius 3 is 1.81 bits per heavy atom. The first-order valence-corrected chi connectivity index (χ1v) is 14.4. The number of benzene rings is 4. The van der Waals surface area contributed by atoms with E-state index in [-0.39, 0.29) is 66.6 Å². The molecule has 276 valence electrons. The van der Waals surface area contributed by atoms with Gasteiger partial charge < -0.3 is 50.6 Å². The average Bonchev–Trinajstić information content (AvgIpc) is 3.64. The van der Waals surface area contributed by atoms with E-state index in [0.29, 0.717) is 34.0 Å². The Hall–Kier alpha value is -7.10. The summed E-state index contributed by atoms with van der Waals surface area (Å²) in [4.78, 5) is 51.1. The Labute approximate surface area is 297 Å². The van der Waals surface area contributed by atoms with Gasteiger partial charge in [0.25, 0.3) is 0 Å². The van der Waals surface area contributed by atoms with Crippen molar-refractivity contribution in [3.63, 3.8) is 0 Å². The molecule has 0 radical (unpaired) electrons. The van der Waals surface area contributed by atoms with Gasteiger partial charge in [-0.15, -0.1) is 0 Å². The number of nitrogens with zero attached hydrogens (tertiary/aromatic N) is 2. The van der Waals surface area contributed by atoms with Crippen molar-refractivity contribution in [2.45, 2.75) is 35.6 Å². The van der Waals surface area contributed by atoms with Crippen LogP contribution < -0.4 is 11.5 Å². The second-order valence-corrected chi connectivity index (χ2v) is 9.89. The van der Waals surface area contributed by atoms with Crippen LogP contribution in [0.25, 0.3) is 22.2 Å². The number of aromatic nitrogens is 2. The molecule has 0 aliphatic carbocycles. The molecule has 2 heterocycles. The molecule has 52 heavy (non-hydrogen) atoms. The molecule has 0 aliphatic heterocycles. The normalized spacial score (nSPS) is 9.67. The summed E-state index contributed by atoms with van der Waals surface area (Å²) >= 11 is 0. The van der Waals surface area contributed by atoms with E-state index in [0.717, 1.165) is 0 Å². The minimum Gasteiger partial charge on any atom is -0.506 e. The second kappa shape index (κ2) is 19.2. The highest BCUT2D eigenvalue weighted by Gasteiger charge is 2.14.